The summed E-state index contributed by atoms with van der Waals surface area (Å²) in [7, 11) is -3.66. The fourth-order valence-corrected chi connectivity index (χ4v) is 3.63. The molecule has 0 saturated carbocycles. The summed E-state index contributed by atoms with van der Waals surface area (Å²) in [5.74, 6) is -1.59. The Morgan fingerprint density at radius 2 is 2.10 bits per heavy atom. The quantitative estimate of drug-likeness (QED) is 0.615. The lowest BCUT2D eigenvalue weighted by Gasteiger charge is -2.31. The van der Waals surface area contributed by atoms with Gasteiger partial charge in [0.1, 0.15) is 0 Å². The number of hydrogen-bond acceptors (Lipinski definition) is 4. The molecule has 0 aromatic heterocycles. The van der Waals surface area contributed by atoms with E-state index in [4.69, 9.17) is 10.2 Å². The van der Waals surface area contributed by atoms with Gasteiger partial charge < -0.3 is 10.2 Å². The summed E-state index contributed by atoms with van der Waals surface area (Å²) in [5, 5.41) is 17.9. The molecule has 0 aliphatic carbocycles. The molecule has 0 amide bonds. The van der Waals surface area contributed by atoms with Crippen LogP contribution in [0, 0.1) is 11.3 Å². The highest BCUT2D eigenvalue weighted by Gasteiger charge is 2.33. The molecule has 1 rings (SSSR count). The number of piperidine rings is 1. The van der Waals surface area contributed by atoms with Gasteiger partial charge >= 0.3 is 5.97 Å². The number of nitrogens with zero attached hydrogens (tertiary/aromatic N) is 1. The summed E-state index contributed by atoms with van der Waals surface area (Å²) >= 11 is 0. The average Bonchev–Trinajstić information content (AvgIpc) is 2.37. The molecule has 3 N–H and O–H groups in total. The summed E-state index contributed by atoms with van der Waals surface area (Å²) in [6.07, 6.45) is 1.56. The number of carbonyl (C=O) groups is 1. The fraction of sp³-hybridized carbons (Fsp3) is 0.917. The van der Waals surface area contributed by atoms with E-state index in [0.717, 1.165) is 0 Å². The van der Waals surface area contributed by atoms with Gasteiger partial charge in [0.2, 0.25) is 0 Å². The Morgan fingerprint density at radius 1 is 1.45 bits per heavy atom. The lowest BCUT2D eigenvalue weighted by atomic mass is 9.90. The number of rotatable bonds is 7. The van der Waals surface area contributed by atoms with Crippen LogP contribution in [0.25, 0.3) is 0 Å². The van der Waals surface area contributed by atoms with Crippen molar-refractivity contribution < 1.29 is 23.4 Å². The second-order valence-corrected chi connectivity index (χ2v) is 7.75. The lowest BCUT2D eigenvalue weighted by molar-refractivity contribution is -0.142. The topological polar surface area (TPSA) is 107 Å². The van der Waals surface area contributed by atoms with Crippen molar-refractivity contribution in [2.75, 3.05) is 26.2 Å². The van der Waals surface area contributed by atoms with E-state index in [1.165, 1.54) is 4.31 Å². The summed E-state index contributed by atoms with van der Waals surface area (Å²) < 4.78 is 28.0. The van der Waals surface area contributed by atoms with Crippen LogP contribution < -0.4 is 4.72 Å². The molecule has 1 saturated heterocycles. The number of aliphatic hydroxyl groups is 1. The van der Waals surface area contributed by atoms with E-state index < -0.39 is 22.1 Å². The maximum Gasteiger partial charge on any atom is 0.307 e. The van der Waals surface area contributed by atoms with Gasteiger partial charge in [-0.05, 0) is 24.7 Å². The van der Waals surface area contributed by atoms with Crippen molar-refractivity contribution in [1.29, 1.82) is 0 Å². The first kappa shape index (κ1) is 17.4. The van der Waals surface area contributed by atoms with Gasteiger partial charge in [0.25, 0.3) is 10.2 Å². The van der Waals surface area contributed by atoms with E-state index >= 15 is 0 Å². The molecule has 1 aliphatic rings. The van der Waals surface area contributed by atoms with Crippen molar-refractivity contribution in [2.24, 2.45) is 11.3 Å². The molecule has 1 heterocycles. The fourth-order valence-electron chi connectivity index (χ4n) is 2.13. The Balaban J connectivity index is 2.62. The molecule has 8 heteroatoms. The molecule has 1 atom stereocenters. The summed E-state index contributed by atoms with van der Waals surface area (Å²) in [6, 6.07) is 0. The van der Waals surface area contributed by atoms with Gasteiger partial charge in [-0.15, -0.1) is 0 Å². The normalized spacial score (nSPS) is 21.9. The minimum Gasteiger partial charge on any atom is -0.481 e. The molecule has 0 radical (unpaired) electrons. The van der Waals surface area contributed by atoms with Crippen LogP contribution in [-0.2, 0) is 15.0 Å². The van der Waals surface area contributed by atoms with Crippen molar-refractivity contribution in [2.45, 2.75) is 33.1 Å². The van der Waals surface area contributed by atoms with Crippen LogP contribution in [0.1, 0.15) is 33.1 Å². The third-order valence-electron chi connectivity index (χ3n) is 3.59. The van der Waals surface area contributed by atoms with E-state index in [1.54, 1.807) is 0 Å². The zero-order chi connectivity index (χ0) is 15.4. The lowest BCUT2D eigenvalue weighted by Crippen LogP contribution is -2.49. The SMILES string of the molecule is CC(C)(CCO)CNS(=O)(=O)N1CCCC(C(=O)O)C1. The van der Waals surface area contributed by atoms with Gasteiger partial charge in [-0.25, -0.2) is 4.72 Å². The number of hydrogen-bond donors (Lipinski definition) is 3. The molecule has 0 spiro atoms. The molecule has 7 nitrogen and oxygen atoms in total. The van der Waals surface area contributed by atoms with E-state index in [1.807, 2.05) is 13.8 Å². The van der Waals surface area contributed by atoms with Crippen LogP contribution in [0.4, 0.5) is 0 Å². The first-order chi connectivity index (χ1) is 9.18. The van der Waals surface area contributed by atoms with Gasteiger partial charge in [-0.2, -0.15) is 12.7 Å². The Morgan fingerprint density at radius 3 is 2.65 bits per heavy atom. The van der Waals surface area contributed by atoms with Gasteiger partial charge in [-0.1, -0.05) is 13.8 Å². The minimum absolute atomic E-state index is 0.000466. The Labute approximate surface area is 120 Å². The Bertz CT molecular complexity index is 435. The highest BCUT2D eigenvalue weighted by Crippen LogP contribution is 2.21. The molecular weight excluding hydrogens is 284 g/mol. The predicted molar refractivity (Wildman–Crippen MR) is 74.3 cm³/mol. The van der Waals surface area contributed by atoms with Crippen LogP contribution >= 0.6 is 0 Å². The second-order valence-electron chi connectivity index (χ2n) is 6.00. The van der Waals surface area contributed by atoms with Gasteiger partial charge in [0.15, 0.2) is 0 Å². The number of carboxylic acids is 1. The van der Waals surface area contributed by atoms with Crippen molar-refractivity contribution in [1.82, 2.24) is 9.03 Å². The number of aliphatic carboxylic acids is 1. The van der Waals surface area contributed by atoms with E-state index in [2.05, 4.69) is 4.72 Å². The number of carboxylic acid groups (broad SMARTS) is 1. The Kier molecular flexibility index (Phi) is 5.93. The van der Waals surface area contributed by atoms with Crippen LogP contribution in [0.5, 0.6) is 0 Å². The van der Waals surface area contributed by atoms with E-state index in [0.29, 0.717) is 25.8 Å². The highest BCUT2D eigenvalue weighted by molar-refractivity contribution is 7.87. The summed E-state index contributed by atoms with van der Waals surface area (Å²) in [4.78, 5) is 11.0. The van der Waals surface area contributed by atoms with Crippen LogP contribution in [0.3, 0.4) is 0 Å². The predicted octanol–water partition coefficient (Wildman–Crippen LogP) is 0.0260. The standard InChI is InChI=1S/C12H24N2O5S/c1-12(2,5-7-15)9-13-20(18,19)14-6-3-4-10(8-14)11(16)17/h10,13,15H,3-9H2,1-2H3,(H,16,17). The van der Waals surface area contributed by atoms with Gasteiger partial charge in [0.05, 0.1) is 5.92 Å². The van der Waals surface area contributed by atoms with Crippen molar-refractivity contribution >= 4 is 16.2 Å². The Hall–Kier alpha value is -0.700. The molecule has 0 aromatic rings. The van der Waals surface area contributed by atoms with Gasteiger partial charge in [-0.3, -0.25) is 4.79 Å². The smallest absolute Gasteiger partial charge is 0.307 e. The monoisotopic (exact) mass is 308 g/mol. The minimum atomic E-state index is -3.66. The van der Waals surface area contributed by atoms with Crippen molar-refractivity contribution in [3.8, 4) is 0 Å². The maximum atomic E-state index is 12.2. The van der Waals surface area contributed by atoms with Crippen molar-refractivity contribution in [3.05, 3.63) is 0 Å². The second kappa shape index (κ2) is 6.84. The third kappa shape index (κ3) is 5.01. The van der Waals surface area contributed by atoms with E-state index in [-0.39, 0.29) is 25.1 Å². The van der Waals surface area contributed by atoms with Crippen molar-refractivity contribution in [3.63, 3.8) is 0 Å². The molecule has 0 aromatic carbocycles. The van der Waals surface area contributed by atoms with Crippen LogP contribution in [0.2, 0.25) is 0 Å². The molecule has 1 aliphatic heterocycles. The first-order valence-corrected chi connectivity index (χ1v) is 8.20. The average molecular weight is 308 g/mol. The zero-order valence-electron chi connectivity index (χ0n) is 12.0. The molecule has 20 heavy (non-hydrogen) atoms. The number of nitrogens with one attached hydrogen (secondary N) is 1. The first-order valence-electron chi connectivity index (χ1n) is 6.76. The van der Waals surface area contributed by atoms with Gasteiger partial charge in [0, 0.05) is 26.2 Å². The summed E-state index contributed by atoms with van der Waals surface area (Å²) in [5.41, 5.74) is -0.343. The zero-order valence-corrected chi connectivity index (χ0v) is 12.8. The molecule has 118 valence electrons. The molecule has 0 bridgehead atoms. The van der Waals surface area contributed by atoms with Crippen LogP contribution in [0.15, 0.2) is 0 Å². The van der Waals surface area contributed by atoms with Crippen LogP contribution in [-0.4, -0.2) is 55.1 Å². The third-order valence-corrected chi connectivity index (χ3v) is 5.12. The number of aliphatic hydroxyl groups excluding tert-OH is 1. The van der Waals surface area contributed by atoms with E-state index in [9.17, 15) is 13.2 Å². The molecule has 1 unspecified atom stereocenters. The largest absolute Gasteiger partial charge is 0.481 e. The maximum absolute atomic E-state index is 12.2. The highest BCUT2D eigenvalue weighted by atomic mass is 32.2. The molecule has 1 fully saturated rings. The molecular formula is C12H24N2O5S. The summed E-state index contributed by atoms with van der Waals surface area (Å²) in [6.45, 7) is 4.30.